The Balaban J connectivity index is 1.31. The van der Waals surface area contributed by atoms with Crippen LogP contribution in [0.15, 0.2) is 30.3 Å². The van der Waals surface area contributed by atoms with E-state index >= 15 is 0 Å². The largest absolute Gasteiger partial charge is 0.451 e. The van der Waals surface area contributed by atoms with Crippen molar-refractivity contribution in [1.29, 1.82) is 0 Å². The Morgan fingerprint density at radius 3 is 2.13 bits per heavy atom. The number of hydrogen-bond acceptors (Lipinski definition) is 8. The number of halogens is 6. The Morgan fingerprint density at radius 1 is 0.913 bits per heavy atom. The summed E-state index contributed by atoms with van der Waals surface area (Å²) in [5, 5.41) is 4.81. The van der Waals surface area contributed by atoms with E-state index in [0.29, 0.717) is 57.3 Å². The van der Waals surface area contributed by atoms with Gasteiger partial charge in [-0.3, -0.25) is 14.1 Å². The molecule has 0 bridgehead atoms. The summed E-state index contributed by atoms with van der Waals surface area (Å²) >= 11 is 0. The molecule has 46 heavy (non-hydrogen) atoms. The fourth-order valence-electron chi connectivity index (χ4n) is 5.36. The van der Waals surface area contributed by atoms with Crippen molar-refractivity contribution in [2.45, 2.75) is 63.3 Å². The fraction of sp³-hybridized carbons (Fsp3) is 0.571. The van der Waals surface area contributed by atoms with Crippen molar-refractivity contribution in [2.24, 2.45) is 5.92 Å². The van der Waals surface area contributed by atoms with E-state index in [9.17, 15) is 44.3 Å². The molecule has 2 amide bonds. The second-order valence-electron chi connectivity index (χ2n) is 11.3. The predicted octanol–water partition coefficient (Wildman–Crippen LogP) is 3.80. The number of rotatable bonds is 12. The number of piperidine rings is 1. The van der Waals surface area contributed by atoms with Crippen molar-refractivity contribution in [2.75, 3.05) is 41.9 Å². The zero-order valence-corrected chi connectivity index (χ0v) is 25.4. The van der Waals surface area contributed by atoms with Gasteiger partial charge in [-0.05, 0) is 62.1 Å². The molecule has 3 heterocycles. The summed E-state index contributed by atoms with van der Waals surface area (Å²) in [5.74, 6) is -2.90. The number of aromatic nitrogens is 2. The van der Waals surface area contributed by atoms with Crippen LogP contribution in [0.25, 0.3) is 0 Å². The molecule has 0 unspecified atom stereocenters. The van der Waals surface area contributed by atoms with Gasteiger partial charge in [-0.15, -0.1) is 0 Å². The number of carbonyl (C=O) groups excluding carboxylic acids is 2. The molecular weight excluding hydrogens is 646 g/mol. The minimum atomic E-state index is -4.83. The molecular formula is C28H34F6N6O5S. The summed E-state index contributed by atoms with van der Waals surface area (Å²) in [6.45, 7) is 1.23. The first-order chi connectivity index (χ1) is 21.5. The molecule has 254 valence electrons. The van der Waals surface area contributed by atoms with Crippen LogP contribution in [0.3, 0.4) is 0 Å². The van der Waals surface area contributed by atoms with E-state index in [0.717, 1.165) is 12.1 Å². The van der Waals surface area contributed by atoms with Crippen LogP contribution in [0.5, 0.6) is 0 Å². The predicted molar refractivity (Wildman–Crippen MR) is 154 cm³/mol. The minimum absolute atomic E-state index is 0.0375. The number of hydrogen-bond donors (Lipinski definition) is 3. The zero-order chi connectivity index (χ0) is 33.7. The van der Waals surface area contributed by atoms with E-state index in [1.54, 1.807) is 4.90 Å². The molecule has 2 fully saturated rings. The van der Waals surface area contributed by atoms with Crippen molar-refractivity contribution in [1.82, 2.24) is 20.6 Å². The lowest BCUT2D eigenvalue weighted by Crippen LogP contribution is -2.57. The van der Waals surface area contributed by atoms with Gasteiger partial charge in [0.2, 0.25) is 17.6 Å². The van der Waals surface area contributed by atoms with Crippen molar-refractivity contribution < 1.29 is 48.9 Å². The van der Waals surface area contributed by atoms with Gasteiger partial charge in [-0.25, -0.2) is 9.97 Å². The van der Waals surface area contributed by atoms with Crippen LogP contribution < -0.4 is 20.4 Å². The van der Waals surface area contributed by atoms with Crippen molar-refractivity contribution in [3.05, 3.63) is 47.3 Å². The van der Waals surface area contributed by atoms with Gasteiger partial charge in [0, 0.05) is 38.7 Å². The Bertz CT molecular complexity index is 1480. The molecule has 1 atom stereocenters. The molecule has 0 aliphatic carbocycles. The summed E-state index contributed by atoms with van der Waals surface area (Å²) < 4.78 is 110. The van der Waals surface area contributed by atoms with Crippen LogP contribution in [0.4, 0.5) is 38.0 Å². The number of alkyl halides is 6. The van der Waals surface area contributed by atoms with Crippen molar-refractivity contribution in [3.8, 4) is 0 Å². The molecule has 0 radical (unpaired) electrons. The van der Waals surface area contributed by atoms with E-state index in [-0.39, 0.29) is 36.9 Å². The third-order valence-corrected chi connectivity index (χ3v) is 8.48. The molecule has 2 aliphatic rings. The highest BCUT2D eigenvalue weighted by atomic mass is 32.2. The number of nitrogens with zero attached hydrogens (tertiary/aromatic N) is 4. The summed E-state index contributed by atoms with van der Waals surface area (Å²) in [6, 6.07) is 5.22. The van der Waals surface area contributed by atoms with Gasteiger partial charge >= 0.3 is 12.4 Å². The van der Waals surface area contributed by atoms with Crippen LogP contribution in [-0.4, -0.2) is 72.9 Å². The maximum absolute atomic E-state index is 13.8. The quantitative estimate of drug-likeness (QED) is 0.225. The maximum atomic E-state index is 13.8. The number of carbonyl (C=O) groups is 2. The van der Waals surface area contributed by atoms with E-state index in [1.165, 1.54) is 23.1 Å². The Labute approximate surface area is 261 Å². The fourth-order valence-corrected chi connectivity index (χ4v) is 5.71. The second-order valence-corrected chi connectivity index (χ2v) is 12.7. The normalized spacial score (nSPS) is 17.8. The average Bonchev–Trinajstić information content (AvgIpc) is 2.95. The standard InChI is InChI=1S/C28H34F6N6O5S/c29-27(30,31)20-6-4-19(5-7-20)8-12-35-25(42)21-11-15-40(21)23-16-22(37-26(38-23)28(32,33)34)39-13-9-18(10-14-39)2-1-3-24(41)36-17-46(43,44)45/h4-7,16,18,21H,1-3,8-15,17H2,(H,35,42)(H,36,41)(H,43,44,45)/t21-/m0/s1. The Kier molecular flexibility index (Phi) is 11.0. The van der Waals surface area contributed by atoms with Crippen molar-refractivity contribution >= 4 is 33.6 Å². The Morgan fingerprint density at radius 2 is 1.57 bits per heavy atom. The molecule has 0 spiro atoms. The van der Waals surface area contributed by atoms with Gasteiger partial charge in [0.15, 0.2) is 0 Å². The maximum Gasteiger partial charge on any atom is 0.451 e. The summed E-state index contributed by atoms with van der Waals surface area (Å²) in [6.07, 6.45) is -6.19. The van der Waals surface area contributed by atoms with Gasteiger partial charge in [-0.2, -0.15) is 34.8 Å². The third-order valence-electron chi connectivity index (χ3n) is 7.97. The molecule has 1 aromatic heterocycles. The molecule has 18 heteroatoms. The average molecular weight is 681 g/mol. The topological polar surface area (TPSA) is 145 Å². The smallest absolute Gasteiger partial charge is 0.356 e. The lowest BCUT2D eigenvalue weighted by molar-refractivity contribution is -0.144. The van der Waals surface area contributed by atoms with Gasteiger partial charge in [0.1, 0.15) is 23.6 Å². The number of amides is 2. The highest BCUT2D eigenvalue weighted by Gasteiger charge is 2.40. The second kappa shape index (κ2) is 14.4. The molecule has 2 saturated heterocycles. The van der Waals surface area contributed by atoms with Crippen LogP contribution in [0.2, 0.25) is 0 Å². The lowest BCUT2D eigenvalue weighted by atomic mass is 9.91. The Hall–Kier alpha value is -3.67. The zero-order valence-electron chi connectivity index (χ0n) is 24.6. The van der Waals surface area contributed by atoms with Crippen LogP contribution in [0, 0.1) is 5.92 Å². The summed E-state index contributed by atoms with van der Waals surface area (Å²) in [4.78, 5) is 35.3. The lowest BCUT2D eigenvalue weighted by Gasteiger charge is -2.41. The first-order valence-corrected chi connectivity index (χ1v) is 16.2. The van der Waals surface area contributed by atoms with E-state index in [2.05, 4.69) is 20.6 Å². The molecule has 11 nitrogen and oxygen atoms in total. The molecule has 3 N–H and O–H groups in total. The molecule has 4 rings (SSSR count). The van der Waals surface area contributed by atoms with E-state index < -0.39 is 57.6 Å². The summed E-state index contributed by atoms with van der Waals surface area (Å²) in [7, 11) is -4.31. The van der Waals surface area contributed by atoms with Crippen molar-refractivity contribution in [3.63, 3.8) is 0 Å². The first kappa shape index (κ1) is 35.2. The molecule has 2 aromatic rings. The van der Waals surface area contributed by atoms with Crippen LogP contribution >= 0.6 is 0 Å². The molecule has 0 saturated carbocycles. The van der Waals surface area contributed by atoms with Gasteiger partial charge < -0.3 is 20.4 Å². The minimum Gasteiger partial charge on any atom is -0.356 e. The first-order valence-electron chi connectivity index (χ1n) is 14.6. The highest BCUT2D eigenvalue weighted by Crippen LogP contribution is 2.35. The molecule has 1 aromatic carbocycles. The monoisotopic (exact) mass is 680 g/mol. The van der Waals surface area contributed by atoms with E-state index in [4.69, 9.17) is 4.55 Å². The van der Waals surface area contributed by atoms with Gasteiger partial charge in [0.25, 0.3) is 10.1 Å². The van der Waals surface area contributed by atoms with E-state index in [1.807, 2.05) is 0 Å². The van der Waals surface area contributed by atoms with Gasteiger partial charge in [-0.1, -0.05) is 12.1 Å². The van der Waals surface area contributed by atoms with Crippen LogP contribution in [-0.2, 0) is 38.5 Å². The van der Waals surface area contributed by atoms with Gasteiger partial charge in [0.05, 0.1) is 5.56 Å². The highest BCUT2D eigenvalue weighted by molar-refractivity contribution is 7.85. The summed E-state index contributed by atoms with van der Waals surface area (Å²) in [5.41, 5.74) is -0.199. The molecule has 2 aliphatic heterocycles. The third kappa shape index (κ3) is 9.91. The number of benzene rings is 1. The number of anilines is 2. The SMILES string of the molecule is O=C(CCCC1CCN(c2cc(N3CC[C@H]3C(=O)NCCc3ccc(C(F)(F)F)cc3)nc(C(F)(F)F)n2)CC1)NCS(=O)(=O)O. The number of nitrogens with one attached hydrogen (secondary N) is 2. The van der Waals surface area contributed by atoms with Crippen LogP contribution in [0.1, 0.15) is 55.5 Å².